The predicted molar refractivity (Wildman–Crippen MR) is 104 cm³/mol. The van der Waals surface area contributed by atoms with Crippen molar-refractivity contribution >= 4 is 21.8 Å². The number of hydrogen-bond donors (Lipinski definition) is 0. The summed E-state index contributed by atoms with van der Waals surface area (Å²) in [6.07, 6.45) is 2.26. The van der Waals surface area contributed by atoms with Gasteiger partial charge in [-0.1, -0.05) is 19.1 Å². The van der Waals surface area contributed by atoms with Gasteiger partial charge in [-0.2, -0.15) is 0 Å². The Morgan fingerprint density at radius 3 is 2.63 bits per heavy atom. The molecule has 0 radical (unpaired) electrons. The summed E-state index contributed by atoms with van der Waals surface area (Å²) in [4.78, 5) is 16.6. The number of hydrogen-bond acceptors (Lipinski definition) is 2. The van der Waals surface area contributed by atoms with Gasteiger partial charge in [0.2, 0.25) is 0 Å². The molecule has 2 heterocycles. The Hall–Kier alpha value is -3.08. The zero-order chi connectivity index (χ0) is 19.1. The van der Waals surface area contributed by atoms with Gasteiger partial charge in [0.15, 0.2) is 11.2 Å². The van der Waals surface area contributed by atoms with Gasteiger partial charge in [-0.3, -0.25) is 9.78 Å². The van der Waals surface area contributed by atoms with Crippen LogP contribution in [-0.4, -0.2) is 9.55 Å². The third kappa shape index (κ3) is 2.70. The van der Waals surface area contributed by atoms with Crippen molar-refractivity contribution in [3.05, 3.63) is 76.2 Å². The number of halogens is 2. The van der Waals surface area contributed by atoms with Crippen molar-refractivity contribution in [2.75, 3.05) is 0 Å². The van der Waals surface area contributed by atoms with E-state index in [9.17, 15) is 9.18 Å². The normalized spacial score (nSPS) is 11.4. The Bertz CT molecular complexity index is 1240. The number of aromatic nitrogens is 2. The summed E-state index contributed by atoms with van der Waals surface area (Å²) in [7, 11) is 0. The van der Waals surface area contributed by atoms with Crippen LogP contribution < -0.4 is 5.43 Å². The van der Waals surface area contributed by atoms with Crippen molar-refractivity contribution in [2.45, 2.75) is 26.8 Å². The molecule has 0 aliphatic rings. The molecule has 0 saturated heterocycles. The molecule has 0 spiro atoms. The number of nitrogens with zero attached hydrogens (tertiary/aromatic N) is 2. The van der Waals surface area contributed by atoms with E-state index in [1.807, 2.05) is 19.9 Å². The molecule has 0 unspecified atom stereocenters. The average Bonchev–Trinajstić information content (AvgIpc) is 2.68. The fourth-order valence-corrected chi connectivity index (χ4v) is 3.66. The fraction of sp³-hybridized carbons (Fsp3) is 0.182. The number of pyridine rings is 2. The van der Waals surface area contributed by atoms with Crippen LogP contribution in [0.15, 0.2) is 53.5 Å². The molecule has 5 heteroatoms. The van der Waals surface area contributed by atoms with E-state index >= 15 is 4.39 Å². The molecule has 0 fully saturated rings. The minimum atomic E-state index is -0.743. The maximum absolute atomic E-state index is 15.5. The van der Waals surface area contributed by atoms with E-state index in [1.54, 1.807) is 35.0 Å². The summed E-state index contributed by atoms with van der Waals surface area (Å²) < 4.78 is 32.2. The first-order chi connectivity index (χ1) is 13.0. The summed E-state index contributed by atoms with van der Waals surface area (Å²) >= 11 is 0. The molecule has 2 aromatic carbocycles. The van der Waals surface area contributed by atoms with E-state index in [-0.39, 0.29) is 21.9 Å². The topological polar surface area (TPSA) is 34.9 Å². The van der Waals surface area contributed by atoms with E-state index < -0.39 is 11.6 Å². The molecular weight excluding hydrogens is 346 g/mol. The molecule has 0 aliphatic heterocycles. The number of fused-ring (bicyclic) bond motifs is 2. The summed E-state index contributed by atoms with van der Waals surface area (Å²) in [5.74, 6) is -1.45. The smallest absolute Gasteiger partial charge is 0.189 e. The number of aryl methyl sites for hydroxylation is 2. The predicted octanol–water partition coefficient (Wildman–Crippen LogP) is 5.08. The van der Waals surface area contributed by atoms with Gasteiger partial charge in [-0.05, 0) is 43.2 Å². The molecule has 0 N–H and O–H groups in total. The Morgan fingerprint density at radius 2 is 1.89 bits per heavy atom. The van der Waals surface area contributed by atoms with Crippen LogP contribution in [0.25, 0.3) is 32.9 Å². The van der Waals surface area contributed by atoms with Gasteiger partial charge in [0.1, 0.15) is 5.82 Å². The van der Waals surface area contributed by atoms with Crippen molar-refractivity contribution in [3.8, 4) is 11.1 Å². The van der Waals surface area contributed by atoms with Crippen LogP contribution in [0, 0.1) is 11.6 Å². The highest BCUT2D eigenvalue weighted by Gasteiger charge is 2.20. The molecule has 0 saturated carbocycles. The molecule has 4 aromatic rings. The van der Waals surface area contributed by atoms with Crippen LogP contribution in [-0.2, 0) is 13.0 Å². The van der Waals surface area contributed by atoms with Gasteiger partial charge in [0.05, 0.1) is 22.0 Å². The van der Waals surface area contributed by atoms with Crippen LogP contribution in [0.3, 0.4) is 0 Å². The van der Waals surface area contributed by atoms with Crippen LogP contribution in [0.1, 0.15) is 19.5 Å². The summed E-state index contributed by atoms with van der Waals surface area (Å²) in [6, 6.07) is 11.3. The van der Waals surface area contributed by atoms with Crippen LogP contribution in [0.2, 0.25) is 0 Å². The largest absolute Gasteiger partial charge is 0.342 e. The molecule has 136 valence electrons. The van der Waals surface area contributed by atoms with Crippen molar-refractivity contribution in [2.24, 2.45) is 0 Å². The zero-order valence-corrected chi connectivity index (χ0v) is 15.1. The highest BCUT2D eigenvalue weighted by atomic mass is 19.1. The molecule has 0 bridgehead atoms. The molecule has 27 heavy (non-hydrogen) atoms. The Labute approximate surface area is 154 Å². The van der Waals surface area contributed by atoms with Crippen LogP contribution in [0.5, 0.6) is 0 Å². The van der Waals surface area contributed by atoms with Gasteiger partial charge >= 0.3 is 0 Å². The molecular formula is C22H18F2N2O. The maximum Gasteiger partial charge on any atom is 0.189 e. The van der Waals surface area contributed by atoms with Gasteiger partial charge in [0, 0.05) is 29.9 Å². The lowest BCUT2D eigenvalue weighted by Gasteiger charge is -2.17. The van der Waals surface area contributed by atoms with Crippen molar-refractivity contribution in [3.63, 3.8) is 0 Å². The zero-order valence-electron chi connectivity index (χ0n) is 15.1. The molecule has 0 amide bonds. The summed E-state index contributed by atoms with van der Waals surface area (Å²) in [6.45, 7) is 4.28. The first-order valence-electron chi connectivity index (χ1n) is 8.94. The van der Waals surface area contributed by atoms with Crippen LogP contribution in [0.4, 0.5) is 8.78 Å². The minimum Gasteiger partial charge on any atom is -0.342 e. The van der Waals surface area contributed by atoms with Gasteiger partial charge in [0.25, 0.3) is 0 Å². The van der Waals surface area contributed by atoms with Crippen molar-refractivity contribution in [1.29, 1.82) is 0 Å². The van der Waals surface area contributed by atoms with E-state index in [4.69, 9.17) is 0 Å². The highest BCUT2D eigenvalue weighted by Crippen LogP contribution is 2.33. The maximum atomic E-state index is 15.5. The second-order valence-electron chi connectivity index (χ2n) is 6.45. The van der Waals surface area contributed by atoms with Crippen LogP contribution >= 0.6 is 0 Å². The summed E-state index contributed by atoms with van der Waals surface area (Å²) in [5, 5.41) is 0.861. The first kappa shape index (κ1) is 17.3. The third-order valence-corrected chi connectivity index (χ3v) is 4.94. The Morgan fingerprint density at radius 1 is 1.07 bits per heavy atom. The van der Waals surface area contributed by atoms with Crippen molar-refractivity contribution < 1.29 is 8.78 Å². The Kier molecular flexibility index (Phi) is 4.22. The van der Waals surface area contributed by atoms with Gasteiger partial charge < -0.3 is 4.57 Å². The standard InChI is InChI=1S/C22H18F2N2O/c1-3-15-11-19(27)16-12-17(23)20(21(24)22(16)26(15)4-2)14-7-8-18-13(10-14)6-5-9-25-18/h5-12H,3-4H2,1-2H3. The van der Waals surface area contributed by atoms with E-state index in [0.717, 1.165) is 22.7 Å². The molecule has 0 aliphatic carbocycles. The van der Waals surface area contributed by atoms with E-state index in [2.05, 4.69) is 4.98 Å². The monoisotopic (exact) mass is 364 g/mol. The van der Waals surface area contributed by atoms with Crippen molar-refractivity contribution in [1.82, 2.24) is 9.55 Å². The SMILES string of the molecule is CCc1cc(=O)c2cc(F)c(-c3ccc4ncccc4c3)c(F)c2n1CC. The Balaban J connectivity index is 2.10. The lowest BCUT2D eigenvalue weighted by atomic mass is 9.99. The number of rotatable bonds is 3. The van der Waals surface area contributed by atoms with Gasteiger partial charge in [-0.25, -0.2) is 8.78 Å². The lowest BCUT2D eigenvalue weighted by molar-refractivity contribution is 0.588. The fourth-order valence-electron chi connectivity index (χ4n) is 3.66. The highest BCUT2D eigenvalue weighted by molar-refractivity contribution is 5.89. The average molecular weight is 364 g/mol. The first-order valence-corrected chi connectivity index (χ1v) is 8.94. The third-order valence-electron chi connectivity index (χ3n) is 4.94. The molecule has 3 nitrogen and oxygen atoms in total. The second-order valence-corrected chi connectivity index (χ2v) is 6.45. The second kappa shape index (κ2) is 6.58. The quantitative estimate of drug-likeness (QED) is 0.508. The van der Waals surface area contributed by atoms with E-state index in [1.165, 1.54) is 6.07 Å². The molecule has 0 atom stereocenters. The van der Waals surface area contributed by atoms with Gasteiger partial charge in [-0.15, -0.1) is 0 Å². The molecule has 2 aromatic heterocycles. The summed E-state index contributed by atoms with van der Waals surface area (Å²) in [5.41, 5.74) is 1.58. The lowest BCUT2D eigenvalue weighted by Crippen LogP contribution is -2.15. The number of benzene rings is 2. The molecule has 4 rings (SSSR count). The minimum absolute atomic E-state index is 0.0651. The van der Waals surface area contributed by atoms with E-state index in [0.29, 0.717) is 18.5 Å².